The predicted molar refractivity (Wildman–Crippen MR) is 77.6 cm³/mol. The van der Waals surface area contributed by atoms with Gasteiger partial charge >= 0.3 is 0 Å². The van der Waals surface area contributed by atoms with E-state index in [-0.39, 0.29) is 5.78 Å². The Bertz CT molecular complexity index is 633. The van der Waals surface area contributed by atoms with E-state index in [9.17, 15) is 4.79 Å². The van der Waals surface area contributed by atoms with E-state index in [1.807, 2.05) is 30.3 Å². The van der Waals surface area contributed by atoms with Gasteiger partial charge in [-0.25, -0.2) is 0 Å². The van der Waals surface area contributed by atoms with Crippen LogP contribution in [0.4, 0.5) is 0 Å². The molecule has 0 atom stereocenters. The molecule has 4 nitrogen and oxygen atoms in total. The third-order valence-corrected chi connectivity index (χ3v) is 4.19. The van der Waals surface area contributed by atoms with Crippen LogP contribution in [0.1, 0.15) is 23.2 Å². The van der Waals surface area contributed by atoms with Crippen molar-refractivity contribution in [3.63, 3.8) is 0 Å². The fourth-order valence-electron chi connectivity index (χ4n) is 2.81. The summed E-state index contributed by atoms with van der Waals surface area (Å²) in [7, 11) is 0. The molecular formula is C16H18N2O2. The number of carbonyl (C=O) groups is 1. The zero-order valence-corrected chi connectivity index (χ0v) is 11.3. The number of Topliss-reactive ketones (excluding diaryl/α,β-unsaturated/α-hetero) is 1. The van der Waals surface area contributed by atoms with Crippen molar-refractivity contribution in [2.24, 2.45) is 11.1 Å². The first-order valence-corrected chi connectivity index (χ1v) is 6.93. The number of rotatable bonds is 3. The average molecular weight is 270 g/mol. The monoisotopic (exact) mass is 270 g/mol. The summed E-state index contributed by atoms with van der Waals surface area (Å²) in [4.78, 5) is 17.1. The van der Waals surface area contributed by atoms with Gasteiger partial charge in [-0.1, -0.05) is 6.07 Å². The average Bonchev–Trinajstić information content (AvgIpc) is 2.54. The Hall–Kier alpha value is -1.78. The lowest BCUT2D eigenvalue weighted by Crippen LogP contribution is -2.43. The first kappa shape index (κ1) is 13.2. The van der Waals surface area contributed by atoms with Gasteiger partial charge in [0.2, 0.25) is 0 Å². The smallest absolute Gasteiger partial charge is 0.170 e. The highest BCUT2D eigenvalue weighted by Gasteiger charge is 2.39. The summed E-state index contributed by atoms with van der Waals surface area (Å²) >= 11 is 0. The SMILES string of the molecule is NCC1(C(=O)c2ccc3ncccc3c2)CCOCC1. The van der Waals surface area contributed by atoms with Crippen molar-refractivity contribution in [2.45, 2.75) is 12.8 Å². The molecule has 0 saturated carbocycles. The van der Waals surface area contributed by atoms with Gasteiger partial charge < -0.3 is 10.5 Å². The van der Waals surface area contributed by atoms with Crippen molar-refractivity contribution in [2.75, 3.05) is 19.8 Å². The van der Waals surface area contributed by atoms with Crippen LogP contribution in [-0.2, 0) is 4.74 Å². The van der Waals surface area contributed by atoms with Crippen molar-refractivity contribution in [1.29, 1.82) is 0 Å². The highest BCUT2D eigenvalue weighted by molar-refractivity contribution is 6.03. The van der Waals surface area contributed by atoms with Gasteiger partial charge in [0.05, 0.1) is 10.9 Å². The highest BCUT2D eigenvalue weighted by Crippen LogP contribution is 2.33. The van der Waals surface area contributed by atoms with Crippen molar-refractivity contribution < 1.29 is 9.53 Å². The van der Waals surface area contributed by atoms with Crippen LogP contribution < -0.4 is 5.73 Å². The Morgan fingerprint density at radius 1 is 1.30 bits per heavy atom. The molecule has 1 aromatic heterocycles. The van der Waals surface area contributed by atoms with E-state index in [0.717, 1.165) is 16.5 Å². The van der Waals surface area contributed by atoms with E-state index in [1.165, 1.54) is 0 Å². The molecule has 0 aliphatic carbocycles. The molecule has 2 N–H and O–H groups in total. The second-order valence-electron chi connectivity index (χ2n) is 5.34. The van der Waals surface area contributed by atoms with E-state index in [1.54, 1.807) is 6.20 Å². The number of carbonyl (C=O) groups excluding carboxylic acids is 1. The first-order valence-electron chi connectivity index (χ1n) is 6.93. The van der Waals surface area contributed by atoms with Gasteiger partial charge in [-0.05, 0) is 37.1 Å². The topological polar surface area (TPSA) is 65.2 Å². The largest absolute Gasteiger partial charge is 0.381 e. The molecule has 0 radical (unpaired) electrons. The molecule has 1 saturated heterocycles. The van der Waals surface area contributed by atoms with E-state index in [0.29, 0.717) is 32.6 Å². The standard InChI is InChI=1S/C16H18N2O2/c17-11-16(5-8-20-9-6-16)15(19)13-3-4-14-12(10-13)2-1-7-18-14/h1-4,7,10H,5-6,8-9,11,17H2. The second-order valence-corrected chi connectivity index (χ2v) is 5.34. The Morgan fingerprint density at radius 2 is 2.10 bits per heavy atom. The molecule has 1 aliphatic rings. The molecule has 0 amide bonds. The molecule has 1 aromatic carbocycles. The van der Waals surface area contributed by atoms with Crippen LogP contribution in [-0.4, -0.2) is 30.5 Å². The lowest BCUT2D eigenvalue weighted by Gasteiger charge is -2.34. The lowest BCUT2D eigenvalue weighted by molar-refractivity contribution is 0.0200. The molecule has 0 unspecified atom stereocenters. The van der Waals surface area contributed by atoms with Gasteiger partial charge in [0, 0.05) is 36.9 Å². The van der Waals surface area contributed by atoms with Crippen molar-refractivity contribution in [3.8, 4) is 0 Å². The van der Waals surface area contributed by atoms with Gasteiger partial charge in [0.1, 0.15) is 0 Å². The summed E-state index contributed by atoms with van der Waals surface area (Å²) in [5.74, 6) is 0.133. The molecule has 1 fully saturated rings. The summed E-state index contributed by atoms with van der Waals surface area (Å²) in [5, 5.41) is 0.984. The molecule has 1 aliphatic heterocycles. The first-order chi connectivity index (χ1) is 9.75. The number of pyridine rings is 1. The normalized spacial score (nSPS) is 18.1. The van der Waals surface area contributed by atoms with Gasteiger partial charge in [-0.15, -0.1) is 0 Å². The maximum absolute atomic E-state index is 12.8. The summed E-state index contributed by atoms with van der Waals surface area (Å²) < 4.78 is 5.37. The minimum absolute atomic E-state index is 0.133. The molecule has 4 heteroatoms. The fourth-order valence-corrected chi connectivity index (χ4v) is 2.81. The predicted octanol–water partition coefficient (Wildman–Crippen LogP) is 2.17. The van der Waals surface area contributed by atoms with Crippen LogP contribution in [0.3, 0.4) is 0 Å². The quantitative estimate of drug-likeness (QED) is 0.868. The zero-order valence-electron chi connectivity index (χ0n) is 11.3. The number of fused-ring (bicyclic) bond motifs is 1. The van der Waals surface area contributed by atoms with Gasteiger partial charge in [-0.3, -0.25) is 9.78 Å². The number of benzene rings is 1. The maximum atomic E-state index is 12.8. The summed E-state index contributed by atoms with van der Waals surface area (Å²) in [6.07, 6.45) is 3.16. The second kappa shape index (κ2) is 5.31. The highest BCUT2D eigenvalue weighted by atomic mass is 16.5. The van der Waals surface area contributed by atoms with Gasteiger partial charge in [0.15, 0.2) is 5.78 Å². The third-order valence-electron chi connectivity index (χ3n) is 4.19. The number of nitrogens with zero attached hydrogens (tertiary/aromatic N) is 1. The third kappa shape index (κ3) is 2.21. The van der Waals surface area contributed by atoms with Crippen LogP contribution in [0.2, 0.25) is 0 Å². The zero-order chi connectivity index (χ0) is 14.0. The van der Waals surface area contributed by atoms with Crippen molar-refractivity contribution in [3.05, 3.63) is 42.1 Å². The van der Waals surface area contributed by atoms with Crippen LogP contribution in [0.25, 0.3) is 10.9 Å². The molecule has 2 heterocycles. The Kier molecular flexibility index (Phi) is 3.51. The number of hydrogen-bond acceptors (Lipinski definition) is 4. The Balaban J connectivity index is 1.98. The van der Waals surface area contributed by atoms with Crippen molar-refractivity contribution in [1.82, 2.24) is 4.98 Å². The molecule has 2 aromatic rings. The number of ketones is 1. The van der Waals surface area contributed by atoms with Crippen LogP contribution >= 0.6 is 0 Å². The molecular weight excluding hydrogens is 252 g/mol. The molecule has 3 rings (SSSR count). The Labute approximate surface area is 117 Å². The van der Waals surface area contributed by atoms with E-state index < -0.39 is 5.41 Å². The van der Waals surface area contributed by atoms with E-state index in [4.69, 9.17) is 10.5 Å². The molecule has 104 valence electrons. The van der Waals surface area contributed by atoms with E-state index >= 15 is 0 Å². The summed E-state index contributed by atoms with van der Waals surface area (Å²) in [5.41, 5.74) is 7.06. The summed E-state index contributed by atoms with van der Waals surface area (Å²) in [6.45, 7) is 1.59. The minimum Gasteiger partial charge on any atom is -0.381 e. The van der Waals surface area contributed by atoms with Crippen LogP contribution in [0.5, 0.6) is 0 Å². The fraction of sp³-hybridized carbons (Fsp3) is 0.375. The minimum atomic E-state index is -0.464. The number of hydrogen-bond donors (Lipinski definition) is 1. The number of aromatic nitrogens is 1. The van der Waals surface area contributed by atoms with Crippen molar-refractivity contribution >= 4 is 16.7 Å². The Morgan fingerprint density at radius 3 is 2.85 bits per heavy atom. The van der Waals surface area contributed by atoms with Crippen LogP contribution in [0.15, 0.2) is 36.5 Å². The lowest BCUT2D eigenvalue weighted by atomic mass is 9.74. The number of ether oxygens (including phenoxy) is 1. The van der Waals surface area contributed by atoms with Crippen LogP contribution in [0, 0.1) is 5.41 Å². The molecule has 0 bridgehead atoms. The van der Waals surface area contributed by atoms with Gasteiger partial charge in [0.25, 0.3) is 0 Å². The van der Waals surface area contributed by atoms with Gasteiger partial charge in [-0.2, -0.15) is 0 Å². The molecule has 0 spiro atoms. The summed E-state index contributed by atoms with van der Waals surface area (Å²) in [6, 6.07) is 9.51. The van der Waals surface area contributed by atoms with E-state index in [2.05, 4.69) is 4.98 Å². The molecule has 20 heavy (non-hydrogen) atoms. The number of nitrogens with two attached hydrogens (primary N) is 1. The maximum Gasteiger partial charge on any atom is 0.170 e.